The Hall–Kier alpha value is -2.60. The molecule has 2 aromatic rings. The monoisotopic (exact) mass is 250 g/mol. The Bertz CT molecular complexity index is 693. The van der Waals surface area contributed by atoms with Crippen LogP contribution in [0.1, 0.15) is 10.4 Å². The highest BCUT2D eigenvalue weighted by Gasteiger charge is 2.12. The fourth-order valence-corrected chi connectivity index (χ4v) is 1.88. The van der Waals surface area contributed by atoms with E-state index >= 15 is 0 Å². The molecule has 0 bridgehead atoms. The van der Waals surface area contributed by atoms with Crippen LogP contribution in [-0.4, -0.2) is 24.8 Å². The van der Waals surface area contributed by atoms with E-state index in [0.29, 0.717) is 5.56 Å². The first-order valence-corrected chi connectivity index (χ1v) is 5.93. The summed E-state index contributed by atoms with van der Waals surface area (Å²) in [6, 6.07) is 15.2. The van der Waals surface area contributed by atoms with Crippen molar-refractivity contribution >= 4 is 16.6 Å². The summed E-state index contributed by atoms with van der Waals surface area (Å²) in [4.78, 5) is 13.9. The topological polar surface area (TPSA) is 44.1 Å². The van der Waals surface area contributed by atoms with Crippen LogP contribution in [0.5, 0.6) is 0 Å². The minimum atomic E-state index is -0.248. The smallest absolute Gasteiger partial charge is 0.205 e. The normalized spacial score (nSPS) is 11.1. The molecule has 0 spiro atoms. The van der Waals surface area contributed by atoms with E-state index in [1.807, 2.05) is 42.5 Å². The molecule has 2 rings (SSSR count). The number of Topliss-reactive ketones (excluding diaryl/α,β-unsaturated/α-hetero) is 1. The number of benzene rings is 2. The molecule has 3 nitrogen and oxygen atoms in total. The van der Waals surface area contributed by atoms with Crippen LogP contribution in [0.15, 0.2) is 54.2 Å². The predicted molar refractivity (Wildman–Crippen MR) is 75.7 cm³/mol. The van der Waals surface area contributed by atoms with E-state index in [2.05, 4.69) is 0 Å². The van der Waals surface area contributed by atoms with Crippen molar-refractivity contribution in [2.75, 3.05) is 14.1 Å². The molecule has 0 saturated heterocycles. The van der Waals surface area contributed by atoms with E-state index in [4.69, 9.17) is 5.26 Å². The summed E-state index contributed by atoms with van der Waals surface area (Å²) >= 11 is 0. The highest BCUT2D eigenvalue weighted by Crippen LogP contribution is 2.17. The van der Waals surface area contributed by atoms with Crippen LogP contribution in [0.3, 0.4) is 0 Å². The molecular formula is C16H14N2O. The molecule has 0 unspecified atom stereocenters. The molecule has 0 amide bonds. The fraction of sp³-hybridized carbons (Fsp3) is 0.125. The first kappa shape index (κ1) is 12.8. The SMILES string of the molecule is CN(C)/C=C(\C#N)C(=O)c1ccc2ccccc2c1. The van der Waals surface area contributed by atoms with E-state index in [0.717, 1.165) is 10.8 Å². The number of nitriles is 1. The van der Waals surface area contributed by atoms with Crippen molar-refractivity contribution in [3.05, 3.63) is 59.8 Å². The second kappa shape index (κ2) is 5.36. The van der Waals surface area contributed by atoms with Gasteiger partial charge in [-0.15, -0.1) is 0 Å². The maximum Gasteiger partial charge on any atom is 0.205 e. The number of ketones is 1. The molecule has 0 aliphatic heterocycles. The molecule has 0 radical (unpaired) electrons. The maximum atomic E-state index is 12.2. The van der Waals surface area contributed by atoms with Crippen LogP contribution in [-0.2, 0) is 0 Å². The Morgan fingerprint density at radius 3 is 2.47 bits per heavy atom. The molecule has 0 fully saturated rings. The van der Waals surface area contributed by atoms with Gasteiger partial charge in [0.1, 0.15) is 11.6 Å². The van der Waals surface area contributed by atoms with Crippen LogP contribution in [0.4, 0.5) is 0 Å². The van der Waals surface area contributed by atoms with Gasteiger partial charge in [-0.25, -0.2) is 0 Å². The summed E-state index contributed by atoms with van der Waals surface area (Å²) in [6.45, 7) is 0. The Morgan fingerprint density at radius 2 is 1.84 bits per heavy atom. The zero-order valence-corrected chi connectivity index (χ0v) is 10.9. The molecular weight excluding hydrogens is 236 g/mol. The first-order chi connectivity index (χ1) is 9.11. The Kier molecular flexibility index (Phi) is 3.63. The molecule has 0 saturated carbocycles. The number of carbonyl (C=O) groups excluding carboxylic acids is 1. The van der Waals surface area contributed by atoms with Crippen LogP contribution in [0.25, 0.3) is 10.8 Å². The van der Waals surface area contributed by atoms with Crippen molar-refractivity contribution in [3.8, 4) is 6.07 Å². The van der Waals surface area contributed by atoms with Gasteiger partial charge in [0.15, 0.2) is 0 Å². The fourth-order valence-electron chi connectivity index (χ4n) is 1.88. The van der Waals surface area contributed by atoms with Gasteiger partial charge in [0, 0.05) is 25.9 Å². The van der Waals surface area contributed by atoms with Crippen LogP contribution in [0.2, 0.25) is 0 Å². The largest absolute Gasteiger partial charge is 0.382 e. The lowest BCUT2D eigenvalue weighted by molar-refractivity contribution is 0.103. The lowest BCUT2D eigenvalue weighted by Gasteiger charge is -2.06. The average Bonchev–Trinajstić information content (AvgIpc) is 2.43. The standard InChI is InChI=1S/C16H14N2O/c1-18(2)11-15(10-17)16(19)14-8-7-12-5-3-4-6-13(12)9-14/h3-9,11H,1-2H3/b15-11+. The van der Waals surface area contributed by atoms with Crippen LogP contribution in [0, 0.1) is 11.3 Å². The molecule has 2 aromatic carbocycles. The number of carbonyl (C=O) groups is 1. The molecule has 0 atom stereocenters. The zero-order valence-electron chi connectivity index (χ0n) is 10.9. The molecule has 94 valence electrons. The number of nitrogens with zero attached hydrogens (tertiary/aromatic N) is 2. The first-order valence-electron chi connectivity index (χ1n) is 5.93. The number of fused-ring (bicyclic) bond motifs is 1. The highest BCUT2D eigenvalue weighted by molar-refractivity contribution is 6.12. The summed E-state index contributed by atoms with van der Waals surface area (Å²) in [7, 11) is 3.57. The molecule has 0 heterocycles. The Morgan fingerprint density at radius 1 is 1.16 bits per heavy atom. The average molecular weight is 250 g/mol. The van der Waals surface area contributed by atoms with Gasteiger partial charge in [0.2, 0.25) is 5.78 Å². The Balaban J connectivity index is 2.44. The Labute approximate surface area is 112 Å². The van der Waals surface area contributed by atoms with E-state index < -0.39 is 0 Å². The number of rotatable bonds is 3. The van der Waals surface area contributed by atoms with E-state index in [9.17, 15) is 4.79 Å². The van der Waals surface area contributed by atoms with Crippen LogP contribution < -0.4 is 0 Å². The zero-order chi connectivity index (χ0) is 13.8. The number of hydrogen-bond acceptors (Lipinski definition) is 3. The third-order valence-electron chi connectivity index (χ3n) is 2.76. The molecule has 0 N–H and O–H groups in total. The molecule has 3 heteroatoms. The van der Waals surface area contributed by atoms with Gasteiger partial charge in [-0.1, -0.05) is 36.4 Å². The lowest BCUT2D eigenvalue weighted by Crippen LogP contribution is -2.08. The third kappa shape index (κ3) is 2.80. The van der Waals surface area contributed by atoms with Gasteiger partial charge in [0.25, 0.3) is 0 Å². The van der Waals surface area contributed by atoms with Crippen molar-refractivity contribution < 1.29 is 4.79 Å². The molecule has 19 heavy (non-hydrogen) atoms. The number of allylic oxidation sites excluding steroid dienone is 1. The minimum Gasteiger partial charge on any atom is -0.382 e. The van der Waals surface area contributed by atoms with Gasteiger partial charge in [-0.2, -0.15) is 5.26 Å². The van der Waals surface area contributed by atoms with E-state index in [1.54, 1.807) is 25.1 Å². The van der Waals surface area contributed by atoms with E-state index in [-0.39, 0.29) is 11.4 Å². The molecule has 0 aliphatic carbocycles. The van der Waals surface area contributed by atoms with Gasteiger partial charge in [0.05, 0.1) is 0 Å². The van der Waals surface area contributed by atoms with Crippen molar-refractivity contribution in [1.82, 2.24) is 4.90 Å². The second-order valence-corrected chi connectivity index (χ2v) is 4.51. The number of hydrogen-bond donors (Lipinski definition) is 0. The van der Waals surface area contributed by atoms with E-state index in [1.165, 1.54) is 6.20 Å². The van der Waals surface area contributed by atoms with Crippen LogP contribution >= 0.6 is 0 Å². The summed E-state index contributed by atoms with van der Waals surface area (Å²) in [5.74, 6) is -0.248. The lowest BCUT2D eigenvalue weighted by atomic mass is 10.0. The third-order valence-corrected chi connectivity index (χ3v) is 2.76. The predicted octanol–water partition coefficient (Wildman–Crippen LogP) is 2.99. The summed E-state index contributed by atoms with van der Waals surface area (Å²) in [5, 5.41) is 11.1. The summed E-state index contributed by atoms with van der Waals surface area (Å²) < 4.78 is 0. The summed E-state index contributed by atoms with van der Waals surface area (Å²) in [6.07, 6.45) is 1.54. The van der Waals surface area contributed by atoms with Crippen molar-refractivity contribution in [2.24, 2.45) is 0 Å². The van der Waals surface area contributed by atoms with Crippen molar-refractivity contribution in [1.29, 1.82) is 5.26 Å². The quantitative estimate of drug-likeness (QED) is 0.478. The molecule has 0 aliphatic rings. The maximum absolute atomic E-state index is 12.2. The van der Waals surface area contributed by atoms with Gasteiger partial charge >= 0.3 is 0 Å². The minimum absolute atomic E-state index is 0.139. The van der Waals surface area contributed by atoms with Gasteiger partial charge < -0.3 is 4.90 Å². The van der Waals surface area contributed by atoms with Crippen molar-refractivity contribution in [3.63, 3.8) is 0 Å². The highest BCUT2D eigenvalue weighted by atomic mass is 16.1. The molecule has 0 aromatic heterocycles. The summed E-state index contributed by atoms with van der Waals surface area (Å²) in [5.41, 5.74) is 0.675. The second-order valence-electron chi connectivity index (χ2n) is 4.51. The van der Waals surface area contributed by atoms with Gasteiger partial charge in [-0.05, 0) is 16.8 Å². The van der Waals surface area contributed by atoms with Crippen molar-refractivity contribution in [2.45, 2.75) is 0 Å². The van der Waals surface area contributed by atoms with Gasteiger partial charge in [-0.3, -0.25) is 4.79 Å².